The van der Waals surface area contributed by atoms with Crippen LogP contribution in [0.1, 0.15) is 32.8 Å². The van der Waals surface area contributed by atoms with Crippen molar-refractivity contribution in [2.75, 3.05) is 19.0 Å². The third kappa shape index (κ3) is 5.35. The van der Waals surface area contributed by atoms with E-state index in [0.29, 0.717) is 23.4 Å². The molecule has 1 unspecified atom stereocenters. The van der Waals surface area contributed by atoms with Gasteiger partial charge < -0.3 is 15.2 Å². The fourth-order valence-electron chi connectivity index (χ4n) is 2.11. The third-order valence-electron chi connectivity index (χ3n) is 3.09. The summed E-state index contributed by atoms with van der Waals surface area (Å²) in [7, 11) is 1.55. The number of aliphatic carboxylic acids is 1. The van der Waals surface area contributed by atoms with Crippen LogP contribution in [0.15, 0.2) is 18.2 Å². The van der Waals surface area contributed by atoms with E-state index in [1.54, 1.807) is 25.3 Å². The van der Waals surface area contributed by atoms with Crippen LogP contribution in [-0.4, -0.2) is 24.7 Å². The number of carboxylic acids is 1. The molecule has 5 nitrogen and oxygen atoms in total. The number of nitriles is 1. The van der Waals surface area contributed by atoms with Gasteiger partial charge in [0.15, 0.2) is 0 Å². The maximum atomic E-state index is 11.3. The minimum atomic E-state index is -0.834. The molecule has 1 aromatic carbocycles. The summed E-state index contributed by atoms with van der Waals surface area (Å²) in [5.74, 6) is -0.722. The number of hydrogen-bond donors (Lipinski definition) is 2. The first-order valence-electron chi connectivity index (χ1n) is 6.81. The summed E-state index contributed by atoms with van der Waals surface area (Å²) < 4.78 is 5.12. The molecule has 1 rings (SSSR count). The van der Waals surface area contributed by atoms with Gasteiger partial charge in [-0.1, -0.05) is 20.8 Å². The number of carboxylic acid groups (broad SMARTS) is 1. The Bertz CT molecular complexity index is 541. The molecule has 0 saturated heterocycles. The SMILES string of the molecule is COc1ccc(C#N)c(NCC(CC(C)(C)C)C(=O)O)c1. The van der Waals surface area contributed by atoms with Gasteiger partial charge >= 0.3 is 5.97 Å². The Balaban J connectivity index is 2.85. The molecule has 0 spiro atoms. The molecule has 0 amide bonds. The number of ether oxygens (including phenoxy) is 1. The second-order valence-corrected chi connectivity index (χ2v) is 6.20. The summed E-state index contributed by atoms with van der Waals surface area (Å²) in [6.45, 7) is 6.30. The Morgan fingerprint density at radius 2 is 2.14 bits per heavy atom. The monoisotopic (exact) mass is 290 g/mol. The van der Waals surface area contributed by atoms with Crippen LogP contribution >= 0.6 is 0 Å². The lowest BCUT2D eigenvalue weighted by molar-refractivity contribution is -0.142. The first-order valence-corrected chi connectivity index (χ1v) is 6.81. The molecule has 0 bridgehead atoms. The third-order valence-corrected chi connectivity index (χ3v) is 3.09. The molecule has 0 aliphatic carbocycles. The predicted octanol–water partition coefficient (Wildman–Crippen LogP) is 3.12. The Kier molecular flexibility index (Phi) is 5.60. The highest BCUT2D eigenvalue weighted by atomic mass is 16.5. The van der Waals surface area contributed by atoms with Gasteiger partial charge in [0, 0.05) is 12.6 Å². The molecule has 0 aliphatic rings. The Morgan fingerprint density at radius 3 is 2.62 bits per heavy atom. The van der Waals surface area contributed by atoms with Gasteiger partial charge in [0.25, 0.3) is 0 Å². The van der Waals surface area contributed by atoms with Crippen LogP contribution in [0.4, 0.5) is 5.69 Å². The number of methoxy groups -OCH3 is 1. The molecule has 1 aromatic rings. The molecule has 0 saturated carbocycles. The van der Waals surface area contributed by atoms with Crippen molar-refractivity contribution in [2.45, 2.75) is 27.2 Å². The van der Waals surface area contributed by atoms with Gasteiger partial charge in [0.05, 0.1) is 24.3 Å². The fraction of sp³-hybridized carbons (Fsp3) is 0.500. The fourth-order valence-corrected chi connectivity index (χ4v) is 2.11. The van der Waals surface area contributed by atoms with Gasteiger partial charge in [-0.15, -0.1) is 0 Å². The number of carbonyl (C=O) groups is 1. The normalized spacial score (nSPS) is 12.3. The van der Waals surface area contributed by atoms with E-state index in [1.165, 1.54) is 0 Å². The van der Waals surface area contributed by atoms with E-state index in [0.717, 1.165) is 0 Å². The lowest BCUT2D eigenvalue weighted by Gasteiger charge is -2.24. The van der Waals surface area contributed by atoms with Crippen molar-refractivity contribution >= 4 is 11.7 Å². The van der Waals surface area contributed by atoms with Crippen molar-refractivity contribution in [1.29, 1.82) is 5.26 Å². The highest BCUT2D eigenvalue weighted by Gasteiger charge is 2.24. The van der Waals surface area contributed by atoms with E-state index in [9.17, 15) is 9.90 Å². The van der Waals surface area contributed by atoms with E-state index in [1.807, 2.05) is 20.8 Å². The van der Waals surface area contributed by atoms with Gasteiger partial charge in [-0.2, -0.15) is 5.26 Å². The lowest BCUT2D eigenvalue weighted by atomic mass is 9.84. The molecule has 114 valence electrons. The van der Waals surface area contributed by atoms with Crippen molar-refractivity contribution in [3.05, 3.63) is 23.8 Å². The smallest absolute Gasteiger partial charge is 0.308 e. The van der Waals surface area contributed by atoms with E-state index in [-0.39, 0.29) is 12.0 Å². The average Bonchev–Trinajstić information content (AvgIpc) is 2.41. The minimum Gasteiger partial charge on any atom is -0.497 e. The minimum absolute atomic E-state index is 0.0722. The lowest BCUT2D eigenvalue weighted by Crippen LogP contribution is -2.27. The molecule has 5 heteroatoms. The van der Waals surface area contributed by atoms with Crippen LogP contribution in [0.3, 0.4) is 0 Å². The standard InChI is InChI=1S/C16H22N2O3/c1-16(2,3)8-12(15(19)20)10-18-14-7-13(21-4)6-5-11(14)9-17/h5-7,12,18H,8,10H2,1-4H3,(H,19,20). The Labute approximate surface area is 125 Å². The average molecular weight is 290 g/mol. The van der Waals surface area contributed by atoms with E-state index >= 15 is 0 Å². The summed E-state index contributed by atoms with van der Waals surface area (Å²) in [6.07, 6.45) is 0.557. The summed E-state index contributed by atoms with van der Waals surface area (Å²) in [5, 5.41) is 21.5. The van der Waals surface area contributed by atoms with Crippen LogP contribution in [-0.2, 0) is 4.79 Å². The summed E-state index contributed by atoms with van der Waals surface area (Å²) in [6, 6.07) is 7.14. The molecule has 0 fully saturated rings. The van der Waals surface area contributed by atoms with Crippen LogP contribution in [0.5, 0.6) is 5.75 Å². The molecular weight excluding hydrogens is 268 g/mol. The van der Waals surface area contributed by atoms with Crippen molar-refractivity contribution < 1.29 is 14.6 Å². The van der Waals surface area contributed by atoms with E-state index in [4.69, 9.17) is 10.00 Å². The van der Waals surface area contributed by atoms with Gasteiger partial charge in [0.2, 0.25) is 0 Å². The molecule has 0 aromatic heterocycles. The largest absolute Gasteiger partial charge is 0.497 e. The second-order valence-electron chi connectivity index (χ2n) is 6.20. The first kappa shape index (κ1) is 16.8. The van der Waals surface area contributed by atoms with Crippen LogP contribution in [0.25, 0.3) is 0 Å². The molecule has 1 atom stereocenters. The van der Waals surface area contributed by atoms with E-state index in [2.05, 4.69) is 11.4 Å². The number of nitrogens with zero attached hydrogens (tertiary/aromatic N) is 1. The number of nitrogens with one attached hydrogen (secondary N) is 1. The summed E-state index contributed by atoms with van der Waals surface area (Å²) in [5.41, 5.74) is 0.990. The zero-order valence-electron chi connectivity index (χ0n) is 12.9. The van der Waals surface area contributed by atoms with Crippen molar-refractivity contribution in [3.63, 3.8) is 0 Å². The van der Waals surface area contributed by atoms with Gasteiger partial charge in [0.1, 0.15) is 11.8 Å². The highest BCUT2D eigenvalue weighted by Crippen LogP contribution is 2.26. The maximum Gasteiger partial charge on any atom is 0.308 e. The topological polar surface area (TPSA) is 82.3 Å². The van der Waals surface area contributed by atoms with Crippen molar-refractivity contribution in [3.8, 4) is 11.8 Å². The maximum absolute atomic E-state index is 11.3. The predicted molar refractivity (Wildman–Crippen MR) is 81.4 cm³/mol. The van der Waals surface area contributed by atoms with Crippen LogP contribution in [0, 0.1) is 22.7 Å². The van der Waals surface area contributed by atoms with Crippen LogP contribution in [0.2, 0.25) is 0 Å². The van der Waals surface area contributed by atoms with Gasteiger partial charge in [-0.3, -0.25) is 4.79 Å². The molecule has 21 heavy (non-hydrogen) atoms. The molecule has 2 N–H and O–H groups in total. The first-order chi connectivity index (χ1) is 9.76. The second kappa shape index (κ2) is 6.98. The van der Waals surface area contributed by atoms with Crippen LogP contribution < -0.4 is 10.1 Å². The van der Waals surface area contributed by atoms with E-state index < -0.39 is 11.9 Å². The molecule has 0 aliphatic heterocycles. The molecule has 0 heterocycles. The van der Waals surface area contributed by atoms with Gasteiger partial charge in [-0.05, 0) is 24.0 Å². The quantitative estimate of drug-likeness (QED) is 0.841. The number of hydrogen-bond acceptors (Lipinski definition) is 4. The molecular formula is C16H22N2O3. The Morgan fingerprint density at radius 1 is 1.48 bits per heavy atom. The number of benzene rings is 1. The number of rotatable bonds is 6. The van der Waals surface area contributed by atoms with Crippen molar-refractivity contribution in [1.82, 2.24) is 0 Å². The van der Waals surface area contributed by atoms with Gasteiger partial charge in [-0.25, -0.2) is 0 Å². The summed E-state index contributed by atoms with van der Waals surface area (Å²) in [4.78, 5) is 11.3. The molecule has 0 radical (unpaired) electrons. The Hall–Kier alpha value is -2.22. The summed E-state index contributed by atoms with van der Waals surface area (Å²) >= 11 is 0. The zero-order valence-corrected chi connectivity index (χ0v) is 12.9. The van der Waals surface area contributed by atoms with Crippen molar-refractivity contribution in [2.24, 2.45) is 11.3 Å². The zero-order chi connectivity index (χ0) is 16.0. The number of anilines is 1. The highest BCUT2D eigenvalue weighted by molar-refractivity contribution is 5.71.